The van der Waals surface area contributed by atoms with E-state index in [1.807, 2.05) is 51.1 Å². The monoisotopic (exact) mass is 364 g/mol. The lowest BCUT2D eigenvalue weighted by Gasteiger charge is -2.35. The van der Waals surface area contributed by atoms with Gasteiger partial charge in [0.2, 0.25) is 5.91 Å². The molecule has 0 aliphatic heterocycles. The van der Waals surface area contributed by atoms with Crippen LogP contribution in [-0.2, 0) is 25.7 Å². The number of carbonyl (C=O) groups is 3. The second kappa shape index (κ2) is 9.79. The predicted molar refractivity (Wildman–Crippen MR) is 97.4 cm³/mol. The first-order chi connectivity index (χ1) is 12.1. The molecular weight excluding hydrogens is 336 g/mol. The Morgan fingerprint density at radius 3 is 2.15 bits per heavy atom. The van der Waals surface area contributed by atoms with Crippen molar-refractivity contribution in [3.05, 3.63) is 35.9 Å². The number of rotatable bonds is 7. The second-order valence-electron chi connectivity index (χ2n) is 6.85. The molecule has 7 nitrogen and oxygen atoms in total. The fourth-order valence-electron chi connectivity index (χ4n) is 2.12. The van der Waals surface area contributed by atoms with Crippen molar-refractivity contribution in [1.29, 1.82) is 0 Å². The van der Waals surface area contributed by atoms with Crippen molar-refractivity contribution < 1.29 is 23.9 Å². The summed E-state index contributed by atoms with van der Waals surface area (Å²) in [4.78, 5) is 39.0. The van der Waals surface area contributed by atoms with Crippen molar-refractivity contribution >= 4 is 18.0 Å². The highest BCUT2D eigenvalue weighted by atomic mass is 16.6. The normalized spacial score (nSPS) is 10.8. The minimum absolute atomic E-state index is 0.124. The number of esters is 1. The molecule has 26 heavy (non-hydrogen) atoms. The summed E-state index contributed by atoms with van der Waals surface area (Å²) >= 11 is 0. The Morgan fingerprint density at radius 1 is 1.00 bits per heavy atom. The van der Waals surface area contributed by atoms with Crippen LogP contribution in [0.4, 0.5) is 4.79 Å². The van der Waals surface area contributed by atoms with E-state index in [1.165, 1.54) is 16.8 Å². The van der Waals surface area contributed by atoms with Gasteiger partial charge in [-0.15, -0.1) is 0 Å². The van der Waals surface area contributed by atoms with E-state index in [9.17, 15) is 14.4 Å². The molecule has 0 aromatic heterocycles. The quantitative estimate of drug-likeness (QED) is 0.695. The van der Waals surface area contributed by atoms with E-state index in [4.69, 9.17) is 9.47 Å². The van der Waals surface area contributed by atoms with Crippen LogP contribution in [0.5, 0.6) is 0 Å². The molecule has 0 saturated heterocycles. The molecule has 0 saturated carbocycles. The third-order valence-electron chi connectivity index (χ3n) is 3.63. The molecule has 0 spiro atoms. The third-order valence-corrected chi connectivity index (χ3v) is 3.63. The van der Waals surface area contributed by atoms with Gasteiger partial charge < -0.3 is 14.4 Å². The zero-order valence-corrected chi connectivity index (χ0v) is 16.2. The lowest BCUT2D eigenvalue weighted by atomic mass is 10.1. The Balaban J connectivity index is 2.69. The number of carbonyl (C=O) groups excluding carboxylic acids is 3. The summed E-state index contributed by atoms with van der Waals surface area (Å²) < 4.78 is 10.2. The molecule has 0 N–H and O–H groups in total. The molecule has 0 heterocycles. The van der Waals surface area contributed by atoms with Crippen LogP contribution in [-0.4, -0.2) is 60.1 Å². The van der Waals surface area contributed by atoms with Crippen LogP contribution in [0, 0.1) is 0 Å². The summed E-state index contributed by atoms with van der Waals surface area (Å²) in [5.41, 5.74) is 0.245. The first kappa shape index (κ1) is 21.5. The van der Waals surface area contributed by atoms with Crippen LogP contribution in [0.3, 0.4) is 0 Å². The third kappa shape index (κ3) is 7.13. The molecule has 0 atom stereocenters. The van der Waals surface area contributed by atoms with Crippen molar-refractivity contribution in [2.45, 2.75) is 39.8 Å². The van der Waals surface area contributed by atoms with Gasteiger partial charge in [-0.1, -0.05) is 30.3 Å². The van der Waals surface area contributed by atoms with Crippen LogP contribution in [0.25, 0.3) is 0 Å². The maximum absolute atomic E-state index is 12.5. The number of hydrogen-bond acceptors (Lipinski definition) is 5. The van der Waals surface area contributed by atoms with Gasteiger partial charge in [-0.25, -0.2) is 4.79 Å². The predicted octanol–water partition coefficient (Wildman–Crippen LogP) is 2.45. The lowest BCUT2D eigenvalue weighted by molar-refractivity contribution is -0.148. The maximum atomic E-state index is 12.5. The topological polar surface area (TPSA) is 76.2 Å². The van der Waals surface area contributed by atoms with Gasteiger partial charge >= 0.3 is 12.1 Å². The van der Waals surface area contributed by atoms with Crippen molar-refractivity contribution in [3.63, 3.8) is 0 Å². The number of hydrogen-bond donors (Lipinski definition) is 0. The van der Waals surface area contributed by atoms with Crippen molar-refractivity contribution in [2.75, 3.05) is 26.7 Å². The molecule has 1 rings (SSSR count). The molecule has 1 aromatic rings. The van der Waals surface area contributed by atoms with E-state index in [2.05, 4.69) is 0 Å². The number of likely N-dealkylation sites (N-methyl/N-ethyl adjacent to an activating group) is 1. The minimum atomic E-state index is -0.617. The van der Waals surface area contributed by atoms with Gasteiger partial charge in [0.05, 0.1) is 6.61 Å². The van der Waals surface area contributed by atoms with Crippen molar-refractivity contribution in [3.8, 4) is 0 Å². The van der Waals surface area contributed by atoms with Crippen LogP contribution >= 0.6 is 0 Å². The van der Waals surface area contributed by atoms with Gasteiger partial charge in [-0.2, -0.15) is 0 Å². The first-order valence-corrected chi connectivity index (χ1v) is 8.53. The summed E-state index contributed by atoms with van der Waals surface area (Å²) in [6, 6.07) is 9.31. The van der Waals surface area contributed by atoms with Crippen molar-refractivity contribution in [2.24, 2.45) is 0 Å². The highest BCUT2D eigenvalue weighted by Crippen LogP contribution is 2.16. The largest absolute Gasteiger partial charge is 0.465 e. The highest BCUT2D eigenvalue weighted by molar-refractivity contribution is 5.85. The maximum Gasteiger partial charge on any atom is 0.411 e. The molecule has 0 unspecified atom stereocenters. The van der Waals surface area contributed by atoms with E-state index in [0.717, 1.165) is 5.56 Å². The summed E-state index contributed by atoms with van der Waals surface area (Å²) in [7, 11) is 1.50. The Bertz CT molecular complexity index is 610. The van der Waals surface area contributed by atoms with E-state index < -0.39 is 17.6 Å². The zero-order valence-electron chi connectivity index (χ0n) is 16.2. The van der Waals surface area contributed by atoms with Gasteiger partial charge in [-0.3, -0.25) is 14.5 Å². The summed E-state index contributed by atoms with van der Waals surface area (Å²) in [6.07, 6.45) is -0.584. The minimum Gasteiger partial charge on any atom is -0.465 e. The average Bonchev–Trinajstić information content (AvgIpc) is 2.57. The van der Waals surface area contributed by atoms with Crippen molar-refractivity contribution in [1.82, 2.24) is 9.80 Å². The molecule has 1 aromatic carbocycles. The molecule has 0 aliphatic carbocycles. The molecule has 0 bridgehead atoms. The molecule has 7 heteroatoms. The van der Waals surface area contributed by atoms with E-state index >= 15 is 0 Å². The molecular formula is C19H28N2O5. The van der Waals surface area contributed by atoms with Gasteiger partial charge in [0.15, 0.2) is 0 Å². The van der Waals surface area contributed by atoms with Gasteiger partial charge in [0.1, 0.15) is 19.7 Å². The summed E-state index contributed by atoms with van der Waals surface area (Å²) in [6.45, 7) is 7.17. The number of benzene rings is 1. The number of ether oxygens (including phenoxy) is 2. The Morgan fingerprint density at radius 2 is 1.62 bits per heavy atom. The zero-order chi connectivity index (χ0) is 19.7. The Labute approximate surface area is 154 Å². The van der Waals surface area contributed by atoms with Crippen LogP contribution < -0.4 is 0 Å². The van der Waals surface area contributed by atoms with Crippen LogP contribution in [0.15, 0.2) is 30.3 Å². The fraction of sp³-hybridized carbons (Fsp3) is 0.526. The van der Waals surface area contributed by atoms with Gasteiger partial charge in [0, 0.05) is 12.6 Å². The fourth-order valence-corrected chi connectivity index (χ4v) is 2.12. The summed E-state index contributed by atoms with van der Waals surface area (Å²) in [5, 5.41) is 0. The van der Waals surface area contributed by atoms with E-state index in [0.29, 0.717) is 0 Å². The first-order valence-electron chi connectivity index (χ1n) is 8.53. The smallest absolute Gasteiger partial charge is 0.411 e. The van der Waals surface area contributed by atoms with Gasteiger partial charge in [-0.05, 0) is 33.3 Å². The molecule has 0 aliphatic rings. The van der Waals surface area contributed by atoms with Crippen LogP contribution in [0.1, 0.15) is 33.3 Å². The Kier molecular flexibility index (Phi) is 8.09. The molecule has 0 radical (unpaired) electrons. The van der Waals surface area contributed by atoms with E-state index in [1.54, 1.807) is 6.92 Å². The number of nitrogens with zero attached hydrogens (tertiary/aromatic N) is 2. The summed E-state index contributed by atoms with van der Waals surface area (Å²) in [5.74, 6) is -0.859. The second-order valence-corrected chi connectivity index (χ2v) is 6.85. The Hall–Kier alpha value is -2.57. The average molecular weight is 364 g/mol. The standard InChI is InChI=1S/C19H28N2O5/c1-6-25-17(23)13-20(5)16(22)12-21(19(2,3)4)18(24)26-14-15-10-8-7-9-11-15/h7-11H,6,12-14H2,1-5H3. The lowest BCUT2D eigenvalue weighted by Crippen LogP contribution is -2.51. The highest BCUT2D eigenvalue weighted by Gasteiger charge is 2.31. The van der Waals surface area contributed by atoms with Crippen LogP contribution in [0.2, 0.25) is 0 Å². The number of amides is 2. The molecule has 144 valence electrons. The SMILES string of the molecule is CCOC(=O)CN(C)C(=O)CN(C(=O)OCc1ccccc1)C(C)(C)C. The molecule has 0 fully saturated rings. The molecule has 2 amide bonds. The van der Waals surface area contributed by atoms with Gasteiger partial charge in [0.25, 0.3) is 0 Å². The van der Waals surface area contributed by atoms with E-state index in [-0.39, 0.29) is 32.2 Å².